The van der Waals surface area contributed by atoms with Crippen LogP contribution in [0.15, 0.2) is 0 Å². The number of ether oxygens (including phenoxy) is 1. The highest BCUT2D eigenvalue weighted by molar-refractivity contribution is 4.86. The minimum atomic E-state index is -0.0913. The Balaban J connectivity index is 2.49. The number of nitrogens with two attached hydrogens (primary N) is 1. The molecule has 1 rings (SSSR count). The summed E-state index contributed by atoms with van der Waals surface area (Å²) in [5.41, 5.74) is 5.87. The van der Waals surface area contributed by atoms with Gasteiger partial charge in [-0.3, -0.25) is 0 Å². The Kier molecular flexibility index (Phi) is 2.87. The molecule has 3 heteroatoms. The van der Waals surface area contributed by atoms with E-state index < -0.39 is 0 Å². The van der Waals surface area contributed by atoms with Gasteiger partial charge in [0.1, 0.15) is 0 Å². The first-order valence-electron chi connectivity index (χ1n) is 4.13. The molecule has 0 aromatic rings. The van der Waals surface area contributed by atoms with Crippen LogP contribution in [0.4, 0.5) is 0 Å². The van der Waals surface area contributed by atoms with Crippen molar-refractivity contribution in [2.75, 3.05) is 19.8 Å². The average molecular weight is 159 g/mol. The van der Waals surface area contributed by atoms with Crippen molar-refractivity contribution < 1.29 is 9.84 Å². The van der Waals surface area contributed by atoms with E-state index in [1.807, 2.05) is 0 Å². The highest BCUT2D eigenvalue weighted by Crippen LogP contribution is 2.32. The molecule has 0 amide bonds. The van der Waals surface area contributed by atoms with Crippen LogP contribution in [0, 0.1) is 5.41 Å². The van der Waals surface area contributed by atoms with Gasteiger partial charge in [-0.25, -0.2) is 0 Å². The van der Waals surface area contributed by atoms with Crippen molar-refractivity contribution in [1.82, 2.24) is 0 Å². The molecule has 0 bridgehead atoms. The van der Waals surface area contributed by atoms with Gasteiger partial charge in [-0.1, -0.05) is 6.92 Å². The highest BCUT2D eigenvalue weighted by atomic mass is 16.5. The third-order valence-electron chi connectivity index (χ3n) is 2.73. The van der Waals surface area contributed by atoms with E-state index in [1.54, 1.807) is 0 Å². The van der Waals surface area contributed by atoms with Crippen LogP contribution in [0.1, 0.15) is 19.8 Å². The Hall–Kier alpha value is -0.120. The molecule has 3 nitrogen and oxygen atoms in total. The van der Waals surface area contributed by atoms with E-state index >= 15 is 0 Å². The maximum Gasteiger partial charge on any atom is 0.0587 e. The van der Waals surface area contributed by atoms with E-state index in [2.05, 4.69) is 6.92 Å². The quantitative estimate of drug-likeness (QED) is 0.602. The first-order chi connectivity index (χ1) is 5.19. The number of rotatable bonds is 2. The van der Waals surface area contributed by atoms with Crippen molar-refractivity contribution in [3.8, 4) is 0 Å². The first kappa shape index (κ1) is 8.97. The van der Waals surface area contributed by atoms with Gasteiger partial charge in [0.15, 0.2) is 0 Å². The predicted molar refractivity (Wildman–Crippen MR) is 43.2 cm³/mol. The first-order valence-corrected chi connectivity index (χ1v) is 4.13. The largest absolute Gasteiger partial charge is 0.395 e. The summed E-state index contributed by atoms with van der Waals surface area (Å²) >= 11 is 0. The summed E-state index contributed by atoms with van der Waals surface area (Å²) in [7, 11) is 0. The molecule has 0 aromatic heterocycles. The number of aliphatic hydroxyl groups excluding tert-OH is 1. The van der Waals surface area contributed by atoms with Gasteiger partial charge in [-0.15, -0.1) is 0 Å². The lowest BCUT2D eigenvalue weighted by Gasteiger charge is -2.37. The lowest BCUT2D eigenvalue weighted by Crippen LogP contribution is -2.45. The van der Waals surface area contributed by atoms with Crippen molar-refractivity contribution in [3.63, 3.8) is 0 Å². The van der Waals surface area contributed by atoms with E-state index in [0.29, 0.717) is 0 Å². The van der Waals surface area contributed by atoms with Gasteiger partial charge in [0.05, 0.1) is 6.61 Å². The van der Waals surface area contributed by atoms with Crippen molar-refractivity contribution in [2.45, 2.75) is 25.8 Å². The van der Waals surface area contributed by atoms with Gasteiger partial charge in [0.2, 0.25) is 0 Å². The van der Waals surface area contributed by atoms with Crippen LogP contribution in [-0.2, 0) is 4.74 Å². The van der Waals surface area contributed by atoms with Crippen molar-refractivity contribution in [2.24, 2.45) is 11.1 Å². The zero-order valence-corrected chi connectivity index (χ0v) is 7.05. The third kappa shape index (κ3) is 1.92. The topological polar surface area (TPSA) is 55.5 Å². The van der Waals surface area contributed by atoms with Gasteiger partial charge in [0, 0.05) is 19.3 Å². The zero-order chi connectivity index (χ0) is 8.32. The minimum Gasteiger partial charge on any atom is -0.395 e. The Bertz CT molecular complexity index is 121. The number of hydrogen-bond donors (Lipinski definition) is 2. The van der Waals surface area contributed by atoms with Crippen LogP contribution in [0.5, 0.6) is 0 Å². The molecule has 0 radical (unpaired) electrons. The van der Waals surface area contributed by atoms with E-state index in [4.69, 9.17) is 15.6 Å². The van der Waals surface area contributed by atoms with Crippen LogP contribution in [0.3, 0.4) is 0 Å². The molecule has 1 saturated heterocycles. The molecule has 0 aliphatic carbocycles. The summed E-state index contributed by atoms with van der Waals surface area (Å²) in [5, 5.41) is 8.89. The van der Waals surface area contributed by atoms with E-state index in [9.17, 15) is 0 Å². The fourth-order valence-electron chi connectivity index (χ4n) is 1.43. The van der Waals surface area contributed by atoms with Gasteiger partial charge < -0.3 is 15.6 Å². The molecule has 66 valence electrons. The molecule has 1 fully saturated rings. The van der Waals surface area contributed by atoms with Crippen LogP contribution >= 0.6 is 0 Å². The van der Waals surface area contributed by atoms with Crippen LogP contribution in [-0.4, -0.2) is 31.0 Å². The molecule has 11 heavy (non-hydrogen) atoms. The molecule has 0 spiro atoms. The standard InChI is InChI=1S/C8H17NO2/c1-8(7(9)6-10)2-4-11-5-3-8/h7,10H,2-6,9H2,1H3/t7-/m1/s1. The lowest BCUT2D eigenvalue weighted by atomic mass is 9.76. The third-order valence-corrected chi connectivity index (χ3v) is 2.73. The fraction of sp³-hybridized carbons (Fsp3) is 1.00. The maximum atomic E-state index is 8.89. The summed E-state index contributed by atoms with van der Waals surface area (Å²) < 4.78 is 5.22. The van der Waals surface area contributed by atoms with E-state index in [1.165, 1.54) is 0 Å². The van der Waals surface area contributed by atoms with Crippen LogP contribution in [0.2, 0.25) is 0 Å². The average Bonchev–Trinajstić information content (AvgIpc) is 2.04. The minimum absolute atomic E-state index is 0.0799. The Morgan fingerprint density at radius 3 is 2.55 bits per heavy atom. The molecule has 0 aromatic carbocycles. The van der Waals surface area contributed by atoms with E-state index in [0.717, 1.165) is 26.1 Å². The molecule has 3 N–H and O–H groups in total. The highest BCUT2D eigenvalue weighted by Gasteiger charge is 2.32. The second kappa shape index (κ2) is 3.52. The van der Waals surface area contributed by atoms with Gasteiger partial charge >= 0.3 is 0 Å². The van der Waals surface area contributed by atoms with Gasteiger partial charge in [-0.05, 0) is 18.3 Å². The number of hydrogen-bond acceptors (Lipinski definition) is 3. The fourth-order valence-corrected chi connectivity index (χ4v) is 1.43. The molecule has 0 unspecified atom stereocenters. The Labute approximate surface area is 67.5 Å². The molecule has 0 saturated carbocycles. The van der Waals surface area contributed by atoms with Crippen LogP contribution in [0.25, 0.3) is 0 Å². The van der Waals surface area contributed by atoms with Crippen molar-refractivity contribution in [1.29, 1.82) is 0 Å². The molecule has 1 heterocycles. The monoisotopic (exact) mass is 159 g/mol. The van der Waals surface area contributed by atoms with Crippen molar-refractivity contribution in [3.05, 3.63) is 0 Å². The second-order valence-electron chi connectivity index (χ2n) is 3.56. The van der Waals surface area contributed by atoms with Gasteiger partial charge in [0.25, 0.3) is 0 Å². The SMILES string of the molecule is CC1([C@H](N)CO)CCOCC1. The summed E-state index contributed by atoms with van der Waals surface area (Å²) in [6, 6.07) is -0.0913. The molecule has 1 atom stereocenters. The Morgan fingerprint density at radius 2 is 2.09 bits per heavy atom. The Morgan fingerprint density at radius 1 is 1.55 bits per heavy atom. The molecule has 1 aliphatic heterocycles. The maximum absolute atomic E-state index is 8.89. The number of aliphatic hydroxyl groups is 1. The summed E-state index contributed by atoms with van der Waals surface area (Å²) in [6.45, 7) is 3.77. The van der Waals surface area contributed by atoms with E-state index in [-0.39, 0.29) is 18.1 Å². The summed E-state index contributed by atoms with van der Waals surface area (Å²) in [5.74, 6) is 0. The summed E-state index contributed by atoms with van der Waals surface area (Å²) in [6.07, 6.45) is 1.93. The zero-order valence-electron chi connectivity index (χ0n) is 7.05. The van der Waals surface area contributed by atoms with Crippen LogP contribution < -0.4 is 5.73 Å². The molecular formula is C8H17NO2. The smallest absolute Gasteiger partial charge is 0.0587 e. The second-order valence-corrected chi connectivity index (χ2v) is 3.56. The van der Waals surface area contributed by atoms with Gasteiger partial charge in [-0.2, -0.15) is 0 Å². The molecular weight excluding hydrogens is 142 g/mol. The predicted octanol–water partition coefficient (Wildman–Crippen LogP) is 0.123. The molecule has 1 aliphatic rings. The normalized spacial score (nSPS) is 26.5. The lowest BCUT2D eigenvalue weighted by molar-refractivity contribution is 0.00101. The summed E-state index contributed by atoms with van der Waals surface area (Å²) in [4.78, 5) is 0. The van der Waals surface area contributed by atoms with Crippen molar-refractivity contribution >= 4 is 0 Å².